The number of aromatic nitrogens is 2. The average Bonchev–Trinajstić information content (AvgIpc) is 2.81. The Morgan fingerprint density at radius 1 is 0.971 bits per heavy atom. The Hall–Kier alpha value is -2.85. The van der Waals surface area contributed by atoms with Crippen molar-refractivity contribution in [2.45, 2.75) is 4.90 Å². The molecule has 0 radical (unpaired) electrons. The van der Waals surface area contributed by atoms with Crippen LogP contribution in [0.1, 0.15) is 10.4 Å². The van der Waals surface area contributed by atoms with Crippen molar-refractivity contribution in [3.63, 3.8) is 0 Å². The second-order valence-electron chi connectivity index (χ2n) is 7.39. The van der Waals surface area contributed by atoms with Crippen molar-refractivity contribution in [1.82, 2.24) is 9.97 Å². The molecule has 0 unspecified atom stereocenters. The number of rotatable bonds is 7. The molecule has 3 aromatic carbocycles. The normalized spacial score (nSPS) is 12.0. The zero-order valence-electron chi connectivity index (χ0n) is 17.6. The average molecular weight is 552 g/mol. The van der Waals surface area contributed by atoms with Crippen LogP contribution in [-0.2, 0) is 14.6 Å². The van der Waals surface area contributed by atoms with Crippen molar-refractivity contribution in [2.24, 2.45) is 0 Å². The van der Waals surface area contributed by atoms with Crippen LogP contribution in [0.5, 0.6) is 0 Å². The summed E-state index contributed by atoms with van der Waals surface area (Å²) in [4.78, 5) is 39.5. The predicted octanol–water partition coefficient (Wildman–Crippen LogP) is 4.75. The molecule has 180 valence electrons. The minimum absolute atomic E-state index is 0.0111. The number of anilines is 1. The Labute approximate surface area is 210 Å². The zero-order chi connectivity index (χ0) is 25.4. The van der Waals surface area contributed by atoms with E-state index >= 15 is 0 Å². The largest absolute Gasteiger partial charge is 0.345 e. The minimum Gasteiger partial charge on any atom is -0.323 e. The van der Waals surface area contributed by atoms with E-state index in [1.54, 1.807) is 36.7 Å². The van der Waals surface area contributed by atoms with E-state index in [0.717, 1.165) is 12.1 Å². The third-order valence-corrected chi connectivity index (χ3v) is 8.00. The number of sulfonamides is 1. The van der Waals surface area contributed by atoms with Crippen molar-refractivity contribution in [3.05, 3.63) is 82.6 Å². The maximum atomic E-state index is 13.5. The summed E-state index contributed by atoms with van der Waals surface area (Å²) in [6.07, 6.45) is 2.39. The van der Waals surface area contributed by atoms with Crippen molar-refractivity contribution in [3.8, 4) is 11.4 Å². The molecule has 4 rings (SSSR count). The van der Waals surface area contributed by atoms with Crippen molar-refractivity contribution in [1.29, 1.82) is 0 Å². The summed E-state index contributed by atoms with van der Waals surface area (Å²) in [6, 6.07) is 13.0. The second-order valence-corrected chi connectivity index (χ2v) is 11.7. The highest BCUT2D eigenvalue weighted by atomic mass is 35.5. The lowest BCUT2D eigenvalue weighted by atomic mass is 10.0. The first-order chi connectivity index (χ1) is 16.5. The minimum atomic E-state index is -4.92. The summed E-state index contributed by atoms with van der Waals surface area (Å²) in [6.45, 7) is 0. The molecule has 0 spiro atoms. The Kier molecular flexibility index (Phi) is 6.97. The number of benzene rings is 3. The Morgan fingerprint density at radius 3 is 2.23 bits per heavy atom. The smallest absolute Gasteiger partial charge is 0.323 e. The van der Waals surface area contributed by atoms with Crippen LogP contribution in [-0.4, -0.2) is 40.7 Å². The molecular formula is C22H16Cl2N3O6PS. The Balaban J connectivity index is 1.92. The van der Waals surface area contributed by atoms with E-state index in [2.05, 4.69) is 9.97 Å². The molecule has 0 aliphatic rings. The van der Waals surface area contributed by atoms with Crippen LogP contribution < -0.4 is 4.31 Å². The molecule has 0 saturated heterocycles. The maximum Gasteiger partial charge on any atom is 0.345 e. The van der Waals surface area contributed by atoms with Crippen LogP contribution in [0.2, 0.25) is 10.0 Å². The summed E-state index contributed by atoms with van der Waals surface area (Å²) in [7, 11) is -9.51. The van der Waals surface area contributed by atoms with Gasteiger partial charge in [0.15, 0.2) is 12.1 Å². The van der Waals surface area contributed by atoms with Crippen LogP contribution in [0.15, 0.2) is 71.9 Å². The molecule has 1 heterocycles. The number of carbonyl (C=O) groups is 1. The van der Waals surface area contributed by atoms with Gasteiger partial charge in [0, 0.05) is 33.6 Å². The van der Waals surface area contributed by atoms with Crippen molar-refractivity contribution in [2.75, 3.05) is 10.6 Å². The standard InChI is InChI=1S/C22H16Cl2N3O6PS/c23-16-9-17(24)11-18(10-16)35(32,33)27(13-34(29,30)31)21-5-3-14-8-15(22-25-6-1-7-26-22)2-4-19(14)20(21)12-28/h1-12H,13H2,(H2,29,30,31). The van der Waals surface area contributed by atoms with Crippen LogP contribution >= 0.6 is 30.8 Å². The number of hydrogen-bond acceptors (Lipinski definition) is 6. The quantitative estimate of drug-likeness (QED) is 0.248. The molecule has 0 aliphatic carbocycles. The molecule has 0 saturated carbocycles. The fraction of sp³-hybridized carbons (Fsp3) is 0.0455. The molecular weight excluding hydrogens is 536 g/mol. The number of fused-ring (bicyclic) bond motifs is 1. The van der Waals surface area contributed by atoms with Gasteiger partial charge in [-0.25, -0.2) is 18.4 Å². The zero-order valence-corrected chi connectivity index (χ0v) is 20.8. The number of nitrogens with zero attached hydrogens (tertiary/aromatic N) is 3. The first-order valence-electron chi connectivity index (χ1n) is 9.82. The van der Waals surface area contributed by atoms with E-state index in [4.69, 9.17) is 23.2 Å². The lowest BCUT2D eigenvalue weighted by molar-refractivity contribution is 0.112. The molecule has 9 nitrogen and oxygen atoms in total. The van der Waals surface area contributed by atoms with Gasteiger partial charge in [0.2, 0.25) is 0 Å². The van der Waals surface area contributed by atoms with E-state index < -0.39 is 28.8 Å². The van der Waals surface area contributed by atoms with Crippen LogP contribution in [0.4, 0.5) is 5.69 Å². The fourth-order valence-electron chi connectivity index (χ4n) is 3.52. The summed E-state index contributed by atoms with van der Waals surface area (Å²) in [5.41, 5.74) is 0.375. The van der Waals surface area contributed by atoms with Crippen molar-refractivity contribution < 1.29 is 27.6 Å². The van der Waals surface area contributed by atoms with E-state index in [-0.39, 0.29) is 21.3 Å². The molecule has 4 aromatic rings. The molecule has 0 amide bonds. The topological polar surface area (TPSA) is 138 Å². The van der Waals surface area contributed by atoms with Gasteiger partial charge in [-0.15, -0.1) is 0 Å². The van der Waals surface area contributed by atoms with Crippen LogP contribution in [0.3, 0.4) is 0 Å². The fourth-order valence-corrected chi connectivity index (χ4v) is 6.95. The van der Waals surface area contributed by atoms with Gasteiger partial charge in [-0.3, -0.25) is 13.7 Å². The SMILES string of the molecule is O=Cc1c(N(CP(=O)(O)O)S(=O)(=O)c2cc(Cl)cc(Cl)c2)ccc2cc(-c3ncccn3)ccc12. The second kappa shape index (κ2) is 9.66. The maximum absolute atomic E-state index is 13.5. The first-order valence-corrected chi connectivity index (χ1v) is 13.8. The lowest BCUT2D eigenvalue weighted by Crippen LogP contribution is -2.33. The van der Waals surface area contributed by atoms with Gasteiger partial charge in [-0.1, -0.05) is 41.4 Å². The van der Waals surface area contributed by atoms with Crippen LogP contribution in [0.25, 0.3) is 22.2 Å². The van der Waals surface area contributed by atoms with Gasteiger partial charge < -0.3 is 9.79 Å². The highest BCUT2D eigenvalue weighted by molar-refractivity contribution is 7.93. The molecule has 1 aromatic heterocycles. The number of carbonyl (C=O) groups excluding carboxylic acids is 1. The molecule has 0 atom stereocenters. The molecule has 35 heavy (non-hydrogen) atoms. The number of hydrogen-bond donors (Lipinski definition) is 2. The Bertz CT molecular complexity index is 1580. The van der Waals surface area contributed by atoms with Crippen LogP contribution in [0, 0.1) is 0 Å². The van der Waals surface area contributed by atoms with Crippen molar-refractivity contribution >= 4 is 63.6 Å². The monoisotopic (exact) mass is 551 g/mol. The van der Waals surface area contributed by atoms with Gasteiger partial charge in [-0.2, -0.15) is 0 Å². The molecule has 0 bridgehead atoms. The summed E-state index contributed by atoms with van der Waals surface area (Å²) < 4.78 is 39.4. The summed E-state index contributed by atoms with van der Waals surface area (Å²) in [5, 5.41) is 0.960. The van der Waals surface area contributed by atoms with E-state index in [1.165, 1.54) is 18.2 Å². The molecule has 2 N–H and O–H groups in total. The van der Waals surface area contributed by atoms with E-state index in [1.807, 2.05) is 0 Å². The molecule has 13 heteroatoms. The van der Waals surface area contributed by atoms with Gasteiger partial charge in [0.1, 0.15) is 6.29 Å². The highest BCUT2D eigenvalue weighted by Gasteiger charge is 2.33. The molecule has 0 aliphatic heterocycles. The number of halogens is 2. The summed E-state index contributed by atoms with van der Waals surface area (Å²) >= 11 is 11.9. The first kappa shape index (κ1) is 25.2. The Morgan fingerprint density at radius 2 is 1.63 bits per heavy atom. The predicted molar refractivity (Wildman–Crippen MR) is 133 cm³/mol. The lowest BCUT2D eigenvalue weighted by Gasteiger charge is -2.26. The van der Waals surface area contributed by atoms with E-state index in [9.17, 15) is 27.6 Å². The van der Waals surface area contributed by atoms with Gasteiger partial charge in [0.25, 0.3) is 10.0 Å². The third kappa shape index (κ3) is 5.38. The third-order valence-electron chi connectivity index (χ3n) is 4.99. The molecule has 0 fully saturated rings. The number of aldehydes is 1. The highest BCUT2D eigenvalue weighted by Crippen LogP contribution is 2.42. The van der Waals surface area contributed by atoms with E-state index in [0.29, 0.717) is 32.8 Å². The van der Waals surface area contributed by atoms with Gasteiger partial charge in [0.05, 0.1) is 10.6 Å². The van der Waals surface area contributed by atoms with Gasteiger partial charge >= 0.3 is 7.60 Å². The van der Waals surface area contributed by atoms with Gasteiger partial charge in [-0.05, 0) is 47.2 Å². The summed E-state index contributed by atoms with van der Waals surface area (Å²) in [5.74, 6) is 0.453.